The number of hydrogen-bond acceptors (Lipinski definition) is 0. The van der Waals surface area contributed by atoms with Crippen molar-refractivity contribution in [2.24, 2.45) is 0 Å². The minimum absolute atomic E-state index is 1.12. The fourth-order valence-electron chi connectivity index (χ4n) is 10.2. The number of benzene rings is 12. The van der Waals surface area contributed by atoms with Gasteiger partial charge < -0.3 is 0 Å². The Kier molecular flexibility index (Phi) is 7.64. The lowest BCUT2D eigenvalue weighted by Gasteiger charge is -2.17. The van der Waals surface area contributed by atoms with E-state index in [0.717, 1.165) is 11.1 Å². The van der Waals surface area contributed by atoms with E-state index < -0.39 is 0 Å². The summed E-state index contributed by atoms with van der Waals surface area (Å²) in [6.45, 7) is 8.43. The lowest BCUT2D eigenvalue weighted by atomic mass is 9.87. The van der Waals surface area contributed by atoms with Gasteiger partial charge in [0.2, 0.25) is 0 Å². The summed E-state index contributed by atoms with van der Waals surface area (Å²) in [5, 5.41) is 20.1. The minimum atomic E-state index is 1.12. The van der Waals surface area contributed by atoms with Gasteiger partial charge in [0.25, 0.3) is 0 Å². The van der Waals surface area contributed by atoms with E-state index in [-0.39, 0.29) is 0 Å². The van der Waals surface area contributed by atoms with Gasteiger partial charge in [-0.2, -0.15) is 0 Å². The maximum absolute atomic E-state index is 4.23. The van der Waals surface area contributed by atoms with Crippen LogP contribution in [0.5, 0.6) is 0 Å². The fourth-order valence-corrected chi connectivity index (χ4v) is 10.2. The molecule has 0 N–H and O–H groups in total. The molecule has 12 rings (SSSR count). The summed E-state index contributed by atoms with van der Waals surface area (Å²) in [5.74, 6) is 0. The van der Waals surface area contributed by atoms with Crippen LogP contribution >= 0.6 is 0 Å². The van der Waals surface area contributed by atoms with Crippen molar-refractivity contribution < 1.29 is 0 Å². The predicted octanol–water partition coefficient (Wildman–Crippen LogP) is 17.2. The Morgan fingerprint density at radius 3 is 0.733 bits per heavy atom. The van der Waals surface area contributed by atoms with Gasteiger partial charge in [0.05, 0.1) is 0 Å². The minimum Gasteiger partial charge on any atom is -0.0984 e. The van der Waals surface area contributed by atoms with Crippen LogP contribution in [0.1, 0.15) is 11.1 Å². The second-order valence-electron chi connectivity index (χ2n) is 16.0. The summed E-state index contributed by atoms with van der Waals surface area (Å²) >= 11 is 0. The van der Waals surface area contributed by atoms with Gasteiger partial charge in [-0.25, -0.2) is 0 Å². The molecule has 0 aliphatic heterocycles. The molecule has 60 heavy (non-hydrogen) atoms. The molecule has 0 spiro atoms. The molecule has 0 saturated carbocycles. The van der Waals surface area contributed by atoms with Gasteiger partial charge in [-0.1, -0.05) is 183 Å². The number of hydrogen-bond donors (Lipinski definition) is 0. The highest BCUT2D eigenvalue weighted by molar-refractivity contribution is 6.27. The highest BCUT2D eigenvalue weighted by Gasteiger charge is 2.16. The normalized spacial score (nSPS) is 11.8. The van der Waals surface area contributed by atoms with Crippen molar-refractivity contribution in [1.82, 2.24) is 0 Å². The third-order valence-electron chi connectivity index (χ3n) is 12.9. The molecule has 12 aromatic carbocycles. The highest BCUT2D eigenvalue weighted by atomic mass is 14.2. The van der Waals surface area contributed by atoms with Crippen molar-refractivity contribution in [1.29, 1.82) is 0 Å². The fraction of sp³-hybridized carbons (Fsp3) is 0. The van der Waals surface area contributed by atoms with E-state index in [1.807, 2.05) is 12.2 Å². The van der Waals surface area contributed by atoms with Crippen molar-refractivity contribution in [3.8, 4) is 33.4 Å². The third-order valence-corrected chi connectivity index (χ3v) is 12.9. The van der Waals surface area contributed by atoms with Crippen LogP contribution in [0.15, 0.2) is 207 Å². The maximum Gasteiger partial charge on any atom is -0.00928 e. The first-order valence-corrected chi connectivity index (χ1v) is 20.7. The van der Waals surface area contributed by atoms with Crippen LogP contribution in [0, 0.1) is 0 Å². The molecule has 0 nitrogen and oxygen atoms in total. The van der Waals surface area contributed by atoms with Crippen molar-refractivity contribution in [3.63, 3.8) is 0 Å². The Bertz CT molecular complexity index is 3560. The van der Waals surface area contributed by atoms with Crippen molar-refractivity contribution >= 4 is 98.3 Å². The monoisotopic (exact) mass is 758 g/mol. The second-order valence-corrected chi connectivity index (χ2v) is 16.0. The molecule has 12 aromatic rings. The molecule has 0 unspecified atom stereocenters. The SMILES string of the molecule is C=Cc1c(C=C)c2ccc(-c3cc(-c4ccc5c6ccccc6c6ccccc6c5c4)cc(-c4ccc5c6ccccc6c6ccccc6c5c4)c3)cc2c2ccccc12. The Hall–Kier alpha value is -7.80. The molecule has 0 saturated heterocycles. The molecular weight excluding hydrogens is 721 g/mol. The first kappa shape index (κ1) is 34.3. The summed E-state index contributed by atoms with van der Waals surface area (Å²) in [6.07, 6.45) is 3.94. The Labute approximate surface area is 348 Å². The molecule has 0 aliphatic carbocycles. The van der Waals surface area contributed by atoms with Crippen LogP contribution in [-0.2, 0) is 0 Å². The molecule has 0 bridgehead atoms. The smallest absolute Gasteiger partial charge is 0.00928 e. The Morgan fingerprint density at radius 2 is 0.417 bits per heavy atom. The van der Waals surface area contributed by atoms with Crippen molar-refractivity contribution in [2.75, 3.05) is 0 Å². The Balaban J connectivity index is 1.13. The average molecular weight is 759 g/mol. The number of rotatable bonds is 5. The molecule has 0 aromatic heterocycles. The van der Waals surface area contributed by atoms with Gasteiger partial charge in [0.1, 0.15) is 0 Å². The quantitative estimate of drug-likeness (QED) is 0.153. The molecule has 0 aliphatic rings. The molecule has 0 heterocycles. The van der Waals surface area contributed by atoms with Crippen LogP contribution in [0.2, 0.25) is 0 Å². The van der Waals surface area contributed by atoms with Gasteiger partial charge in [-0.15, -0.1) is 0 Å². The lowest BCUT2D eigenvalue weighted by Crippen LogP contribution is -1.91. The zero-order chi connectivity index (χ0) is 39.9. The standard InChI is InChI=1S/C60H38/c1-3-43-44(4-2)55-28-25-37(34-58(55)52-22-12-5-15-45(43)52)40-31-41(38-26-29-56-50-20-8-6-16-46(50)48-18-10-13-23-53(48)59(56)35-38)33-42(32-40)39-27-30-57-51-21-9-7-17-47(51)49-19-11-14-24-54(49)60(57)36-39/h3-36H,1-2H2. The summed E-state index contributed by atoms with van der Waals surface area (Å²) < 4.78 is 0. The van der Waals surface area contributed by atoms with E-state index in [1.165, 1.54) is 120 Å². The topological polar surface area (TPSA) is 0 Å². The van der Waals surface area contributed by atoms with E-state index >= 15 is 0 Å². The summed E-state index contributed by atoms with van der Waals surface area (Å²) in [7, 11) is 0. The van der Waals surface area contributed by atoms with E-state index in [4.69, 9.17) is 0 Å². The van der Waals surface area contributed by atoms with Crippen molar-refractivity contribution in [2.45, 2.75) is 0 Å². The van der Waals surface area contributed by atoms with Crippen LogP contribution in [0.25, 0.3) is 132 Å². The van der Waals surface area contributed by atoms with E-state index in [2.05, 4.69) is 207 Å². The zero-order valence-corrected chi connectivity index (χ0v) is 33.0. The molecule has 0 fully saturated rings. The van der Waals surface area contributed by atoms with Gasteiger partial charge >= 0.3 is 0 Å². The van der Waals surface area contributed by atoms with Gasteiger partial charge in [-0.05, 0) is 167 Å². The molecule has 278 valence electrons. The highest BCUT2D eigenvalue weighted by Crippen LogP contribution is 2.43. The predicted molar refractivity (Wildman–Crippen MR) is 263 cm³/mol. The molecule has 0 radical (unpaired) electrons. The van der Waals surface area contributed by atoms with Crippen LogP contribution in [-0.4, -0.2) is 0 Å². The third kappa shape index (κ3) is 5.11. The lowest BCUT2D eigenvalue weighted by molar-refractivity contribution is 1.59. The van der Waals surface area contributed by atoms with E-state index in [1.54, 1.807) is 0 Å². The zero-order valence-electron chi connectivity index (χ0n) is 33.0. The van der Waals surface area contributed by atoms with Gasteiger partial charge in [-0.3, -0.25) is 0 Å². The second kappa shape index (κ2) is 13.4. The largest absolute Gasteiger partial charge is 0.0984 e. The number of fused-ring (bicyclic) bond motifs is 15. The van der Waals surface area contributed by atoms with Gasteiger partial charge in [0.15, 0.2) is 0 Å². The first-order valence-electron chi connectivity index (χ1n) is 20.7. The maximum atomic E-state index is 4.23. The molecule has 0 amide bonds. The Morgan fingerprint density at radius 1 is 0.200 bits per heavy atom. The first-order chi connectivity index (χ1) is 29.7. The van der Waals surface area contributed by atoms with Crippen molar-refractivity contribution in [3.05, 3.63) is 218 Å². The summed E-state index contributed by atoms with van der Waals surface area (Å²) in [5.41, 5.74) is 9.34. The summed E-state index contributed by atoms with van der Waals surface area (Å²) in [6, 6.07) is 72.1. The average Bonchev–Trinajstić information content (AvgIpc) is 3.33. The molecule has 0 heteroatoms. The summed E-state index contributed by atoms with van der Waals surface area (Å²) in [4.78, 5) is 0. The van der Waals surface area contributed by atoms with Crippen LogP contribution in [0.3, 0.4) is 0 Å². The molecule has 0 atom stereocenters. The molecular formula is C60H38. The van der Waals surface area contributed by atoms with Crippen LogP contribution in [0.4, 0.5) is 0 Å². The van der Waals surface area contributed by atoms with E-state index in [0.29, 0.717) is 0 Å². The van der Waals surface area contributed by atoms with Crippen LogP contribution < -0.4 is 0 Å². The van der Waals surface area contributed by atoms with E-state index in [9.17, 15) is 0 Å². The van der Waals surface area contributed by atoms with Gasteiger partial charge in [0, 0.05) is 0 Å².